The van der Waals surface area contributed by atoms with Crippen LogP contribution in [0.15, 0.2) is 85.1 Å². The number of phosphoric acid groups is 1. The average Bonchev–Trinajstić information content (AvgIpc) is 3.46. The molecule has 0 heterocycles. The number of hydrogen-bond acceptors (Lipinski definition) is 8. The zero-order valence-electron chi connectivity index (χ0n) is 52.8. The fourth-order valence-electron chi connectivity index (χ4n) is 9.76. The molecule has 3 N–H and O–H groups in total. The van der Waals surface area contributed by atoms with Crippen molar-refractivity contribution in [3.05, 3.63) is 85.1 Å². The Morgan fingerprint density at radius 3 is 1.01 bits per heavy atom. The number of nitrogens with two attached hydrogens (primary N) is 1. The second-order valence-corrected chi connectivity index (χ2v) is 24.1. The number of unbranched alkanes of at least 4 members (excludes halogenated alkanes) is 37. The van der Waals surface area contributed by atoms with Crippen molar-refractivity contribution in [2.45, 2.75) is 328 Å². The zero-order valence-corrected chi connectivity index (χ0v) is 53.7. The van der Waals surface area contributed by atoms with Crippen molar-refractivity contribution in [1.29, 1.82) is 0 Å². The van der Waals surface area contributed by atoms with Crippen molar-refractivity contribution in [3.8, 4) is 0 Å². The maximum absolute atomic E-state index is 12.8. The normalized spacial score (nSPS) is 13.5. The van der Waals surface area contributed by atoms with Gasteiger partial charge in [0.2, 0.25) is 0 Å². The number of rotatable bonds is 64. The summed E-state index contributed by atoms with van der Waals surface area (Å²) in [5.41, 5.74) is 5.40. The van der Waals surface area contributed by atoms with E-state index >= 15 is 0 Å². The number of carbonyl (C=O) groups is 2. The Bertz CT molecular complexity index is 1600. The maximum atomic E-state index is 12.8. The molecular weight excluding hydrogens is 1030 g/mol. The molecule has 2 unspecified atom stereocenters. The van der Waals surface area contributed by atoms with Crippen LogP contribution in [0.25, 0.3) is 0 Å². The van der Waals surface area contributed by atoms with Crippen LogP contribution in [0.2, 0.25) is 0 Å². The van der Waals surface area contributed by atoms with Crippen molar-refractivity contribution >= 4 is 19.8 Å². The van der Waals surface area contributed by atoms with Crippen LogP contribution in [-0.2, 0) is 32.7 Å². The lowest BCUT2D eigenvalue weighted by Gasteiger charge is -2.19. The van der Waals surface area contributed by atoms with E-state index in [-0.39, 0.29) is 38.6 Å². The van der Waals surface area contributed by atoms with Gasteiger partial charge in [-0.2, -0.15) is 0 Å². The minimum atomic E-state index is -4.39. The van der Waals surface area contributed by atoms with Crippen LogP contribution in [0.1, 0.15) is 322 Å². The van der Waals surface area contributed by atoms with Crippen LogP contribution in [0.4, 0.5) is 0 Å². The molecule has 0 amide bonds. The van der Waals surface area contributed by atoms with Crippen LogP contribution in [0, 0.1) is 0 Å². The Labute approximate surface area is 500 Å². The number of phosphoric ester groups is 1. The van der Waals surface area contributed by atoms with E-state index in [9.17, 15) is 19.0 Å². The number of hydrogen-bond donors (Lipinski definition) is 2. The van der Waals surface area contributed by atoms with E-state index in [0.29, 0.717) is 6.42 Å². The van der Waals surface area contributed by atoms with E-state index in [0.717, 1.165) is 77.0 Å². The summed E-state index contributed by atoms with van der Waals surface area (Å²) in [5.74, 6) is -0.816. The first-order valence-electron chi connectivity index (χ1n) is 34.1. The van der Waals surface area contributed by atoms with Gasteiger partial charge in [-0.25, -0.2) is 4.57 Å². The molecule has 0 aliphatic heterocycles. The highest BCUT2D eigenvalue weighted by Crippen LogP contribution is 2.43. The van der Waals surface area contributed by atoms with E-state index in [1.54, 1.807) is 0 Å². The van der Waals surface area contributed by atoms with Gasteiger partial charge in [0.05, 0.1) is 13.2 Å². The lowest BCUT2D eigenvalue weighted by molar-refractivity contribution is -0.161. The van der Waals surface area contributed by atoms with Crippen molar-refractivity contribution in [1.82, 2.24) is 0 Å². The number of ether oxygens (including phenoxy) is 2. The molecule has 0 aliphatic rings. The highest BCUT2D eigenvalue weighted by atomic mass is 31.2. The molecule has 0 saturated carbocycles. The highest BCUT2D eigenvalue weighted by molar-refractivity contribution is 7.47. The summed E-state index contributed by atoms with van der Waals surface area (Å²) in [6, 6.07) is 0. The van der Waals surface area contributed by atoms with Gasteiger partial charge in [-0.05, 0) is 89.9 Å². The molecule has 0 aromatic carbocycles. The third-order valence-corrected chi connectivity index (χ3v) is 15.7. The summed E-state index contributed by atoms with van der Waals surface area (Å²) in [5, 5.41) is 0. The zero-order chi connectivity index (χ0) is 58.7. The predicted molar refractivity (Wildman–Crippen MR) is 349 cm³/mol. The Morgan fingerprint density at radius 1 is 0.383 bits per heavy atom. The summed E-state index contributed by atoms with van der Waals surface area (Å²) in [6.07, 6.45) is 88.1. The third-order valence-electron chi connectivity index (χ3n) is 14.8. The maximum Gasteiger partial charge on any atom is 0.472 e. The lowest BCUT2D eigenvalue weighted by atomic mass is 10.0. The minimum Gasteiger partial charge on any atom is -0.462 e. The smallest absolute Gasteiger partial charge is 0.462 e. The fraction of sp³-hybridized carbons (Fsp3) is 0.775. The van der Waals surface area contributed by atoms with E-state index in [1.807, 2.05) is 0 Å². The van der Waals surface area contributed by atoms with Crippen LogP contribution < -0.4 is 5.73 Å². The SMILES string of the molecule is CC/C=C\C/C=C\C/C=C\C/C=C\C/C=C\CCCCCCCCCCCCCCCCCC(=O)OC(COC(=O)CCCCCCCCCCCCCCCCCCC/C=C\C/C=C\CCCCCCC)COP(=O)(O)OCCN. The Balaban J connectivity index is 3.88. The first-order valence-corrected chi connectivity index (χ1v) is 35.6. The number of esters is 2. The Hall–Kier alpha value is -2.81. The molecule has 2 atom stereocenters. The largest absolute Gasteiger partial charge is 0.472 e. The first kappa shape index (κ1) is 78.2. The molecule has 0 bridgehead atoms. The second kappa shape index (κ2) is 66.3. The van der Waals surface area contributed by atoms with Crippen LogP contribution in [0.5, 0.6) is 0 Å². The summed E-state index contributed by atoms with van der Waals surface area (Å²) >= 11 is 0. The molecule has 0 aromatic heterocycles. The van der Waals surface area contributed by atoms with Gasteiger partial charge in [-0.1, -0.05) is 304 Å². The molecule has 10 heteroatoms. The van der Waals surface area contributed by atoms with Gasteiger partial charge >= 0.3 is 19.8 Å². The molecule has 0 aliphatic carbocycles. The van der Waals surface area contributed by atoms with Gasteiger partial charge in [0.25, 0.3) is 0 Å². The molecular formula is C71H128NO8P. The van der Waals surface area contributed by atoms with Crippen LogP contribution in [-0.4, -0.2) is 49.3 Å². The summed E-state index contributed by atoms with van der Waals surface area (Å²) in [7, 11) is -4.39. The fourth-order valence-corrected chi connectivity index (χ4v) is 10.5. The van der Waals surface area contributed by atoms with Crippen molar-refractivity contribution in [2.75, 3.05) is 26.4 Å². The van der Waals surface area contributed by atoms with Crippen molar-refractivity contribution in [2.24, 2.45) is 5.73 Å². The monoisotopic (exact) mass is 1150 g/mol. The van der Waals surface area contributed by atoms with Crippen LogP contribution >= 0.6 is 7.82 Å². The van der Waals surface area contributed by atoms with Gasteiger partial charge in [0, 0.05) is 19.4 Å². The van der Waals surface area contributed by atoms with Gasteiger partial charge in [0.1, 0.15) is 6.61 Å². The number of allylic oxidation sites excluding steroid dienone is 14. The topological polar surface area (TPSA) is 134 Å². The Morgan fingerprint density at radius 2 is 0.679 bits per heavy atom. The lowest BCUT2D eigenvalue weighted by Crippen LogP contribution is -2.29. The summed E-state index contributed by atoms with van der Waals surface area (Å²) in [6.45, 7) is 3.66. The van der Waals surface area contributed by atoms with Crippen molar-refractivity contribution < 1.29 is 37.6 Å². The molecule has 0 rings (SSSR count). The average molecular weight is 1150 g/mol. The summed E-state index contributed by atoms with van der Waals surface area (Å²) in [4.78, 5) is 35.3. The van der Waals surface area contributed by atoms with Gasteiger partial charge < -0.3 is 20.1 Å². The minimum absolute atomic E-state index is 0.0522. The van der Waals surface area contributed by atoms with Gasteiger partial charge in [-0.3, -0.25) is 18.6 Å². The molecule has 0 saturated heterocycles. The molecule has 81 heavy (non-hydrogen) atoms. The number of carbonyl (C=O) groups excluding carboxylic acids is 2. The predicted octanol–water partition coefficient (Wildman–Crippen LogP) is 22.2. The molecule has 470 valence electrons. The standard InChI is InChI=1S/C71H128NO8P/c1-3-5-7-9-11-13-15-17-19-21-23-25-27-29-31-33-34-36-38-40-42-44-46-48-50-52-54-56-58-60-62-64-71(74)80-69(68-79-81(75,76)78-66-65-72)67-77-70(73)63-61-59-57-55-53-51-49-47-45-43-41-39-37-35-32-30-28-26-24-22-20-18-16-14-12-10-8-6-4-2/h5,7,11,13,16-19,22-25,29,31,69H,3-4,6,8-10,12,14-15,20-21,26-28,30,32-68,72H2,1-2H3,(H,75,76)/b7-5-,13-11-,18-16-,19-17-,24-22-,25-23-,31-29-. The van der Waals surface area contributed by atoms with E-state index < -0.39 is 26.5 Å². The van der Waals surface area contributed by atoms with Crippen LogP contribution in [0.3, 0.4) is 0 Å². The molecule has 0 spiro atoms. The molecule has 0 fully saturated rings. The molecule has 0 aromatic rings. The van der Waals surface area contributed by atoms with E-state index in [4.69, 9.17) is 24.3 Å². The second-order valence-electron chi connectivity index (χ2n) is 22.7. The van der Waals surface area contributed by atoms with Crippen molar-refractivity contribution in [3.63, 3.8) is 0 Å². The molecule has 9 nitrogen and oxygen atoms in total. The highest BCUT2D eigenvalue weighted by Gasteiger charge is 2.26. The van der Waals surface area contributed by atoms with E-state index in [1.165, 1.54) is 212 Å². The summed E-state index contributed by atoms with van der Waals surface area (Å²) < 4.78 is 33.2. The third kappa shape index (κ3) is 66.2. The van der Waals surface area contributed by atoms with E-state index in [2.05, 4.69) is 98.9 Å². The first-order chi connectivity index (χ1) is 39.8. The Kier molecular flexibility index (Phi) is 64.0. The quantitative estimate of drug-likeness (QED) is 0.0264. The van der Waals surface area contributed by atoms with Gasteiger partial charge in [-0.15, -0.1) is 0 Å². The van der Waals surface area contributed by atoms with Gasteiger partial charge in [0.15, 0.2) is 6.10 Å². The molecule has 0 radical (unpaired) electrons.